The summed E-state index contributed by atoms with van der Waals surface area (Å²) in [6.07, 6.45) is 6.47. The lowest BCUT2D eigenvalue weighted by molar-refractivity contribution is 0.100. The molecule has 0 aromatic heterocycles. The van der Waals surface area contributed by atoms with Crippen LogP contribution in [0.4, 0.5) is 5.69 Å². The number of para-hydroxylation sites is 1. The molecule has 0 spiro atoms. The predicted molar refractivity (Wildman–Crippen MR) is 80.8 cm³/mol. The smallest absolute Gasteiger partial charge is 0.250 e. The Morgan fingerprint density at radius 1 is 1.25 bits per heavy atom. The Bertz CT molecular complexity index is 490. The minimum absolute atomic E-state index is 0.366. The predicted octanol–water partition coefficient (Wildman–Crippen LogP) is 2.22. The molecule has 4 nitrogen and oxygen atoms in total. The van der Waals surface area contributed by atoms with Crippen LogP contribution in [0.1, 0.15) is 42.5 Å². The van der Waals surface area contributed by atoms with Crippen molar-refractivity contribution in [1.29, 1.82) is 0 Å². The number of rotatable bonds is 5. The van der Waals surface area contributed by atoms with Crippen LogP contribution in [-0.4, -0.2) is 36.0 Å². The first kappa shape index (κ1) is 13.4. The minimum Gasteiger partial charge on any atom is -0.384 e. The third kappa shape index (κ3) is 2.40. The van der Waals surface area contributed by atoms with Crippen molar-refractivity contribution in [2.24, 2.45) is 5.73 Å². The van der Waals surface area contributed by atoms with Crippen molar-refractivity contribution >= 4 is 11.6 Å². The zero-order chi connectivity index (χ0) is 14.0. The highest BCUT2D eigenvalue weighted by molar-refractivity contribution is 5.98. The second kappa shape index (κ2) is 5.44. The summed E-state index contributed by atoms with van der Waals surface area (Å²) >= 11 is 0. The van der Waals surface area contributed by atoms with Crippen molar-refractivity contribution in [1.82, 2.24) is 4.90 Å². The van der Waals surface area contributed by atoms with Crippen LogP contribution in [0, 0.1) is 0 Å². The molecular weight excluding hydrogens is 250 g/mol. The summed E-state index contributed by atoms with van der Waals surface area (Å²) in [5.74, 6) is -0.366. The second-order valence-electron chi connectivity index (χ2n) is 6.01. The molecular formula is C16H23N3O. The molecule has 1 amide bonds. The highest BCUT2D eigenvalue weighted by Crippen LogP contribution is 2.41. The Hall–Kier alpha value is -1.55. The monoisotopic (exact) mass is 273 g/mol. The van der Waals surface area contributed by atoms with Gasteiger partial charge in [-0.15, -0.1) is 0 Å². The van der Waals surface area contributed by atoms with Crippen molar-refractivity contribution < 1.29 is 4.79 Å². The fourth-order valence-corrected chi connectivity index (χ4v) is 3.92. The number of anilines is 1. The molecule has 0 aliphatic carbocycles. The van der Waals surface area contributed by atoms with E-state index in [-0.39, 0.29) is 5.91 Å². The second-order valence-corrected chi connectivity index (χ2v) is 6.01. The van der Waals surface area contributed by atoms with Crippen LogP contribution in [0.3, 0.4) is 0 Å². The first-order valence-corrected chi connectivity index (χ1v) is 7.59. The summed E-state index contributed by atoms with van der Waals surface area (Å²) in [4.78, 5) is 14.1. The van der Waals surface area contributed by atoms with Crippen LogP contribution in [0.15, 0.2) is 24.3 Å². The Labute approximate surface area is 120 Å². The van der Waals surface area contributed by atoms with Gasteiger partial charge in [0.25, 0.3) is 5.91 Å². The Balaban J connectivity index is 1.62. The van der Waals surface area contributed by atoms with Gasteiger partial charge in [0, 0.05) is 17.8 Å². The number of carbonyl (C=O) groups is 1. The van der Waals surface area contributed by atoms with Crippen molar-refractivity contribution in [3.63, 3.8) is 0 Å². The molecule has 2 heterocycles. The average molecular weight is 273 g/mol. The first-order chi connectivity index (χ1) is 9.71. The van der Waals surface area contributed by atoms with Gasteiger partial charge in [-0.2, -0.15) is 0 Å². The van der Waals surface area contributed by atoms with Crippen LogP contribution in [0.2, 0.25) is 0 Å². The highest BCUT2D eigenvalue weighted by Gasteiger charge is 2.43. The van der Waals surface area contributed by atoms with Crippen LogP contribution >= 0.6 is 0 Å². The van der Waals surface area contributed by atoms with E-state index in [0.717, 1.165) is 18.7 Å². The molecule has 0 bridgehead atoms. The van der Waals surface area contributed by atoms with Gasteiger partial charge in [-0.05, 0) is 57.3 Å². The van der Waals surface area contributed by atoms with Crippen molar-refractivity contribution in [2.75, 3.05) is 25.0 Å². The number of carbonyl (C=O) groups excluding carboxylic acids is 1. The molecule has 20 heavy (non-hydrogen) atoms. The van der Waals surface area contributed by atoms with E-state index in [4.69, 9.17) is 5.73 Å². The zero-order valence-corrected chi connectivity index (χ0v) is 11.9. The summed E-state index contributed by atoms with van der Waals surface area (Å²) in [5.41, 5.74) is 7.27. The van der Waals surface area contributed by atoms with Crippen molar-refractivity contribution in [3.05, 3.63) is 29.8 Å². The van der Waals surface area contributed by atoms with Gasteiger partial charge in [-0.3, -0.25) is 9.69 Å². The molecule has 0 atom stereocenters. The SMILES string of the molecule is NC(=O)c1ccccc1NCCC12CCCN1CCC2. The number of hydrogen-bond donors (Lipinski definition) is 2. The Morgan fingerprint density at radius 3 is 2.65 bits per heavy atom. The summed E-state index contributed by atoms with van der Waals surface area (Å²) in [6.45, 7) is 3.43. The number of amides is 1. The lowest BCUT2D eigenvalue weighted by atomic mass is 9.90. The quantitative estimate of drug-likeness (QED) is 0.865. The van der Waals surface area contributed by atoms with Crippen LogP contribution in [0.5, 0.6) is 0 Å². The first-order valence-electron chi connectivity index (χ1n) is 7.59. The standard InChI is InChI=1S/C16H23N3O/c17-15(20)13-5-1-2-6-14(13)18-10-9-16-7-3-11-19(16)12-4-8-16/h1-2,5-6,18H,3-4,7-12H2,(H2,17,20). The van der Waals surface area contributed by atoms with Gasteiger partial charge in [0.05, 0.1) is 5.56 Å². The van der Waals surface area contributed by atoms with E-state index in [0.29, 0.717) is 11.1 Å². The van der Waals surface area contributed by atoms with E-state index >= 15 is 0 Å². The van der Waals surface area contributed by atoms with Gasteiger partial charge in [-0.1, -0.05) is 12.1 Å². The molecule has 108 valence electrons. The Kier molecular flexibility index (Phi) is 3.66. The summed E-state index contributed by atoms with van der Waals surface area (Å²) in [6, 6.07) is 7.49. The number of benzene rings is 1. The molecule has 0 saturated carbocycles. The maximum absolute atomic E-state index is 11.4. The molecule has 2 aliphatic heterocycles. The van der Waals surface area contributed by atoms with E-state index < -0.39 is 0 Å². The number of hydrogen-bond acceptors (Lipinski definition) is 3. The van der Waals surface area contributed by atoms with Crippen molar-refractivity contribution in [2.45, 2.75) is 37.6 Å². The van der Waals surface area contributed by atoms with E-state index in [1.807, 2.05) is 18.2 Å². The van der Waals surface area contributed by atoms with Gasteiger partial charge in [0.1, 0.15) is 0 Å². The molecule has 2 aliphatic rings. The summed E-state index contributed by atoms with van der Waals surface area (Å²) in [5, 5.41) is 3.40. The molecule has 0 radical (unpaired) electrons. The van der Waals surface area contributed by atoms with E-state index in [2.05, 4.69) is 10.2 Å². The number of nitrogens with zero attached hydrogens (tertiary/aromatic N) is 1. The number of nitrogens with one attached hydrogen (secondary N) is 1. The van der Waals surface area contributed by atoms with Gasteiger partial charge in [0.2, 0.25) is 0 Å². The van der Waals surface area contributed by atoms with Gasteiger partial charge >= 0.3 is 0 Å². The molecule has 2 saturated heterocycles. The summed E-state index contributed by atoms with van der Waals surface area (Å²) in [7, 11) is 0. The van der Waals surface area contributed by atoms with Crippen LogP contribution < -0.4 is 11.1 Å². The fraction of sp³-hybridized carbons (Fsp3) is 0.562. The number of primary amides is 1. The molecule has 1 aromatic rings. The fourth-order valence-electron chi connectivity index (χ4n) is 3.92. The van der Waals surface area contributed by atoms with Crippen LogP contribution in [-0.2, 0) is 0 Å². The van der Waals surface area contributed by atoms with Gasteiger partial charge in [-0.25, -0.2) is 0 Å². The van der Waals surface area contributed by atoms with E-state index in [1.54, 1.807) is 6.07 Å². The molecule has 1 aromatic carbocycles. The molecule has 0 unspecified atom stereocenters. The molecule has 3 rings (SSSR count). The van der Waals surface area contributed by atoms with Crippen molar-refractivity contribution in [3.8, 4) is 0 Å². The topological polar surface area (TPSA) is 58.4 Å². The largest absolute Gasteiger partial charge is 0.384 e. The zero-order valence-electron chi connectivity index (χ0n) is 11.9. The van der Waals surface area contributed by atoms with Gasteiger partial charge < -0.3 is 11.1 Å². The Morgan fingerprint density at radius 2 is 1.95 bits per heavy atom. The molecule has 3 N–H and O–H groups in total. The highest BCUT2D eigenvalue weighted by atomic mass is 16.1. The third-order valence-electron chi connectivity index (χ3n) is 4.91. The lowest BCUT2D eigenvalue weighted by Gasteiger charge is -2.32. The van der Waals surface area contributed by atoms with Gasteiger partial charge in [0.15, 0.2) is 0 Å². The summed E-state index contributed by atoms with van der Waals surface area (Å²) < 4.78 is 0. The maximum atomic E-state index is 11.4. The molecule has 2 fully saturated rings. The minimum atomic E-state index is -0.366. The van der Waals surface area contributed by atoms with Crippen LogP contribution in [0.25, 0.3) is 0 Å². The van der Waals surface area contributed by atoms with E-state index in [1.165, 1.54) is 38.8 Å². The maximum Gasteiger partial charge on any atom is 0.250 e. The lowest BCUT2D eigenvalue weighted by Crippen LogP contribution is -2.39. The third-order valence-corrected chi connectivity index (χ3v) is 4.91. The number of fused-ring (bicyclic) bond motifs is 1. The average Bonchev–Trinajstić information content (AvgIpc) is 2.98. The van der Waals surface area contributed by atoms with E-state index in [9.17, 15) is 4.79 Å². The number of nitrogens with two attached hydrogens (primary N) is 1. The normalized spacial score (nSPS) is 20.8. The molecule has 4 heteroatoms.